The number of hydrogen-bond donors (Lipinski definition) is 3. The molecule has 1 aliphatic heterocycles. The zero-order valence-corrected chi connectivity index (χ0v) is 13.3. The molecule has 5 heteroatoms. The first-order chi connectivity index (χ1) is 10.7. The smallest absolute Gasteiger partial charge is 0.220 e. The Morgan fingerprint density at radius 2 is 2.14 bits per heavy atom. The van der Waals surface area contributed by atoms with Crippen LogP contribution in [0.1, 0.15) is 24.8 Å². The normalized spacial score (nSPS) is 21.9. The van der Waals surface area contributed by atoms with Gasteiger partial charge in [-0.15, -0.1) is 0 Å². The SMILES string of the molecule is CN1C[C@H](NC(=O)CCCNCc2ccccc2)C[C@H]1CO. The van der Waals surface area contributed by atoms with Gasteiger partial charge in [0.15, 0.2) is 0 Å². The van der Waals surface area contributed by atoms with Gasteiger partial charge in [-0.05, 0) is 32.0 Å². The van der Waals surface area contributed by atoms with E-state index in [1.165, 1.54) is 5.56 Å². The summed E-state index contributed by atoms with van der Waals surface area (Å²) in [5.41, 5.74) is 1.26. The van der Waals surface area contributed by atoms with Gasteiger partial charge in [0.2, 0.25) is 5.91 Å². The number of nitrogens with one attached hydrogen (secondary N) is 2. The molecule has 1 aromatic rings. The third-order valence-corrected chi connectivity index (χ3v) is 4.19. The molecule has 1 aliphatic rings. The molecule has 0 spiro atoms. The summed E-state index contributed by atoms with van der Waals surface area (Å²) in [6, 6.07) is 10.6. The van der Waals surface area contributed by atoms with Crippen LogP contribution in [0.3, 0.4) is 0 Å². The topological polar surface area (TPSA) is 64.6 Å². The first-order valence-electron chi connectivity index (χ1n) is 8.04. The maximum Gasteiger partial charge on any atom is 0.220 e. The number of aliphatic hydroxyl groups excluding tert-OH is 1. The van der Waals surface area contributed by atoms with E-state index < -0.39 is 0 Å². The van der Waals surface area contributed by atoms with Crippen molar-refractivity contribution >= 4 is 5.91 Å². The van der Waals surface area contributed by atoms with Crippen LogP contribution in [0, 0.1) is 0 Å². The number of hydrogen-bond acceptors (Lipinski definition) is 4. The van der Waals surface area contributed by atoms with Crippen molar-refractivity contribution in [2.24, 2.45) is 0 Å². The lowest BCUT2D eigenvalue weighted by atomic mass is 10.1. The van der Waals surface area contributed by atoms with E-state index >= 15 is 0 Å². The van der Waals surface area contributed by atoms with E-state index in [1.54, 1.807) is 0 Å². The molecule has 1 saturated heterocycles. The van der Waals surface area contributed by atoms with E-state index in [0.29, 0.717) is 6.42 Å². The monoisotopic (exact) mass is 305 g/mol. The Kier molecular flexibility index (Phi) is 6.83. The number of rotatable bonds is 8. The van der Waals surface area contributed by atoms with Gasteiger partial charge >= 0.3 is 0 Å². The molecule has 22 heavy (non-hydrogen) atoms. The van der Waals surface area contributed by atoms with Crippen molar-refractivity contribution < 1.29 is 9.90 Å². The lowest BCUT2D eigenvalue weighted by Gasteiger charge is -2.15. The molecule has 2 rings (SSSR count). The highest BCUT2D eigenvalue weighted by Crippen LogP contribution is 2.15. The van der Waals surface area contributed by atoms with Crippen LogP contribution in [0.25, 0.3) is 0 Å². The lowest BCUT2D eigenvalue weighted by molar-refractivity contribution is -0.121. The highest BCUT2D eigenvalue weighted by atomic mass is 16.3. The molecule has 1 aromatic carbocycles. The van der Waals surface area contributed by atoms with Crippen molar-refractivity contribution in [2.45, 2.75) is 37.9 Å². The molecule has 0 bridgehead atoms. The number of carbonyl (C=O) groups is 1. The second-order valence-electron chi connectivity index (χ2n) is 6.04. The number of carbonyl (C=O) groups excluding carboxylic acids is 1. The summed E-state index contributed by atoms with van der Waals surface area (Å²) in [5.74, 6) is 0.110. The van der Waals surface area contributed by atoms with Crippen molar-refractivity contribution in [3.63, 3.8) is 0 Å². The molecule has 5 nitrogen and oxygen atoms in total. The molecule has 2 atom stereocenters. The number of likely N-dealkylation sites (tertiary alicyclic amines) is 1. The number of nitrogens with zero attached hydrogens (tertiary/aromatic N) is 1. The van der Waals surface area contributed by atoms with Crippen LogP contribution in [0.4, 0.5) is 0 Å². The van der Waals surface area contributed by atoms with Crippen LogP contribution in [-0.4, -0.2) is 54.7 Å². The number of aliphatic hydroxyl groups is 1. The van der Waals surface area contributed by atoms with Crippen molar-refractivity contribution in [3.8, 4) is 0 Å². The molecule has 0 radical (unpaired) electrons. The molecule has 1 heterocycles. The number of benzene rings is 1. The van der Waals surface area contributed by atoms with E-state index in [1.807, 2.05) is 25.2 Å². The third-order valence-electron chi connectivity index (χ3n) is 4.19. The molecule has 0 saturated carbocycles. The molecule has 3 N–H and O–H groups in total. The summed E-state index contributed by atoms with van der Waals surface area (Å²) in [4.78, 5) is 14.0. The largest absolute Gasteiger partial charge is 0.395 e. The maximum absolute atomic E-state index is 11.9. The average Bonchev–Trinajstić information content (AvgIpc) is 2.87. The Hall–Kier alpha value is -1.43. The Morgan fingerprint density at radius 3 is 2.82 bits per heavy atom. The van der Waals surface area contributed by atoms with Crippen LogP contribution in [0.15, 0.2) is 30.3 Å². The van der Waals surface area contributed by atoms with E-state index in [-0.39, 0.29) is 24.6 Å². The summed E-state index contributed by atoms with van der Waals surface area (Å²) in [7, 11) is 1.99. The van der Waals surface area contributed by atoms with Gasteiger partial charge in [0.25, 0.3) is 0 Å². The van der Waals surface area contributed by atoms with Gasteiger partial charge in [-0.3, -0.25) is 9.69 Å². The van der Waals surface area contributed by atoms with Crippen LogP contribution in [-0.2, 0) is 11.3 Å². The van der Waals surface area contributed by atoms with E-state index in [9.17, 15) is 9.90 Å². The number of amides is 1. The zero-order chi connectivity index (χ0) is 15.8. The fraction of sp³-hybridized carbons (Fsp3) is 0.588. The molecular weight excluding hydrogens is 278 g/mol. The Morgan fingerprint density at radius 1 is 1.36 bits per heavy atom. The predicted octanol–water partition coefficient (Wildman–Crippen LogP) is 0.738. The average molecular weight is 305 g/mol. The summed E-state index contributed by atoms with van der Waals surface area (Å²) >= 11 is 0. The van der Waals surface area contributed by atoms with Crippen LogP contribution >= 0.6 is 0 Å². The Bertz CT molecular complexity index is 452. The highest BCUT2D eigenvalue weighted by molar-refractivity contribution is 5.76. The van der Waals surface area contributed by atoms with Crippen LogP contribution < -0.4 is 10.6 Å². The van der Waals surface area contributed by atoms with Crippen LogP contribution in [0.2, 0.25) is 0 Å². The summed E-state index contributed by atoms with van der Waals surface area (Å²) in [5, 5.41) is 15.6. The summed E-state index contributed by atoms with van der Waals surface area (Å²) in [6.07, 6.45) is 2.22. The fourth-order valence-electron chi connectivity index (χ4n) is 2.90. The van der Waals surface area contributed by atoms with Gasteiger partial charge in [0, 0.05) is 31.6 Å². The number of likely N-dealkylation sites (N-methyl/N-ethyl adjacent to an activating group) is 1. The van der Waals surface area contributed by atoms with Gasteiger partial charge in [0.1, 0.15) is 0 Å². The third kappa shape index (κ3) is 5.40. The van der Waals surface area contributed by atoms with Crippen molar-refractivity contribution in [1.29, 1.82) is 0 Å². The van der Waals surface area contributed by atoms with Gasteiger partial charge in [-0.1, -0.05) is 30.3 Å². The minimum Gasteiger partial charge on any atom is -0.395 e. The predicted molar refractivity (Wildman–Crippen MR) is 87.4 cm³/mol. The van der Waals surface area contributed by atoms with Gasteiger partial charge < -0.3 is 15.7 Å². The summed E-state index contributed by atoms with van der Waals surface area (Å²) in [6.45, 7) is 2.66. The molecule has 0 aliphatic carbocycles. The fourth-order valence-corrected chi connectivity index (χ4v) is 2.90. The zero-order valence-electron chi connectivity index (χ0n) is 13.3. The first kappa shape index (κ1) is 16.9. The quantitative estimate of drug-likeness (QED) is 0.620. The Labute approximate surface area is 132 Å². The molecule has 1 fully saturated rings. The van der Waals surface area contributed by atoms with Gasteiger partial charge in [0.05, 0.1) is 6.61 Å². The lowest BCUT2D eigenvalue weighted by Crippen LogP contribution is -2.36. The maximum atomic E-state index is 11.9. The second kappa shape index (κ2) is 8.88. The van der Waals surface area contributed by atoms with E-state index in [2.05, 4.69) is 27.7 Å². The second-order valence-corrected chi connectivity index (χ2v) is 6.04. The van der Waals surface area contributed by atoms with E-state index in [4.69, 9.17) is 0 Å². The summed E-state index contributed by atoms with van der Waals surface area (Å²) < 4.78 is 0. The van der Waals surface area contributed by atoms with Crippen molar-refractivity contribution in [1.82, 2.24) is 15.5 Å². The molecule has 0 unspecified atom stereocenters. The van der Waals surface area contributed by atoms with Crippen molar-refractivity contribution in [3.05, 3.63) is 35.9 Å². The molecule has 122 valence electrons. The Balaban J connectivity index is 1.55. The van der Waals surface area contributed by atoms with Gasteiger partial charge in [-0.2, -0.15) is 0 Å². The molecule has 0 aromatic heterocycles. The van der Waals surface area contributed by atoms with Crippen molar-refractivity contribution in [2.75, 3.05) is 26.7 Å². The van der Waals surface area contributed by atoms with E-state index in [0.717, 1.165) is 32.5 Å². The minimum atomic E-state index is 0.110. The minimum absolute atomic E-state index is 0.110. The standard InChI is InChI=1S/C17H27N3O2/c1-20-12-15(10-16(20)13-21)19-17(22)8-5-9-18-11-14-6-3-2-4-7-14/h2-4,6-7,15-16,18,21H,5,8-13H2,1H3,(H,19,22)/t15-,16+/m1/s1. The van der Waals surface area contributed by atoms with Crippen LogP contribution in [0.5, 0.6) is 0 Å². The molecular formula is C17H27N3O2. The van der Waals surface area contributed by atoms with Gasteiger partial charge in [-0.25, -0.2) is 0 Å². The first-order valence-corrected chi connectivity index (χ1v) is 8.04. The molecule has 1 amide bonds. The highest BCUT2D eigenvalue weighted by Gasteiger charge is 2.29.